The number of hydrogen-bond donors (Lipinski definition) is 3. The van der Waals surface area contributed by atoms with Crippen molar-refractivity contribution in [1.29, 1.82) is 0 Å². The maximum Gasteiger partial charge on any atom is 0.234 e. The topological polar surface area (TPSA) is 112 Å². The number of anilines is 4. The van der Waals surface area contributed by atoms with Gasteiger partial charge in [0, 0.05) is 49.3 Å². The molecule has 0 saturated carbocycles. The van der Waals surface area contributed by atoms with Crippen LogP contribution in [0.4, 0.5) is 26.8 Å². The molecular formula is C26H28FN7O2S2. The van der Waals surface area contributed by atoms with Gasteiger partial charge in [-0.15, -0.1) is 0 Å². The van der Waals surface area contributed by atoms with E-state index in [1.54, 1.807) is 31.3 Å². The van der Waals surface area contributed by atoms with Crippen molar-refractivity contribution in [2.75, 3.05) is 46.9 Å². The summed E-state index contributed by atoms with van der Waals surface area (Å²) in [5, 5.41) is 6.83. The molecule has 0 bridgehead atoms. The number of nitrogens with one attached hydrogen (secondary N) is 3. The smallest absolute Gasteiger partial charge is 0.234 e. The fourth-order valence-corrected chi connectivity index (χ4v) is 6.45. The molecule has 4 aromatic rings. The predicted octanol–water partition coefficient (Wildman–Crippen LogP) is 4.71. The van der Waals surface area contributed by atoms with Crippen molar-refractivity contribution in [1.82, 2.24) is 20.3 Å². The highest BCUT2D eigenvalue weighted by atomic mass is 32.2. The molecule has 38 heavy (non-hydrogen) atoms. The van der Waals surface area contributed by atoms with Crippen molar-refractivity contribution in [2.45, 2.75) is 13.3 Å². The number of hydrogen-bond acceptors (Lipinski definition) is 9. The van der Waals surface area contributed by atoms with E-state index in [0.29, 0.717) is 34.2 Å². The number of piperazine rings is 1. The first-order valence-electron chi connectivity index (χ1n) is 12.3. The highest BCUT2D eigenvalue weighted by Crippen LogP contribution is 2.39. The molecule has 3 N–H and O–H groups in total. The molecule has 9 nitrogen and oxygen atoms in total. The van der Waals surface area contributed by atoms with Crippen LogP contribution in [0.5, 0.6) is 0 Å². The average molecular weight is 554 g/mol. The molecule has 1 saturated heterocycles. The zero-order valence-corrected chi connectivity index (χ0v) is 22.4. The van der Waals surface area contributed by atoms with Gasteiger partial charge in [0.1, 0.15) is 5.82 Å². The van der Waals surface area contributed by atoms with E-state index >= 15 is 0 Å². The summed E-state index contributed by atoms with van der Waals surface area (Å²) in [6.07, 6.45) is 2.12. The standard InChI is InChI=1S/C26H28FN7O2S2/c1-2-17-38(35,36)33-26-32-23(18-3-5-19(27)6-4-18)24(37-26)22-11-12-29-25(31-22)30-20-7-9-21(10-8-20)34-15-13-28-14-16-34/h3-12,28H,2,13-17H2,1H3,(H,32,33)(H,29,30,31). The van der Waals surface area contributed by atoms with Crippen molar-refractivity contribution in [3.63, 3.8) is 0 Å². The maximum absolute atomic E-state index is 13.6. The first kappa shape index (κ1) is 26.0. The predicted molar refractivity (Wildman–Crippen MR) is 151 cm³/mol. The van der Waals surface area contributed by atoms with Gasteiger partial charge in [-0.2, -0.15) is 0 Å². The normalized spacial score (nSPS) is 13.9. The summed E-state index contributed by atoms with van der Waals surface area (Å²) in [4.78, 5) is 16.6. The molecule has 0 spiro atoms. The van der Waals surface area contributed by atoms with E-state index in [-0.39, 0.29) is 16.7 Å². The molecular weight excluding hydrogens is 525 g/mol. The van der Waals surface area contributed by atoms with Crippen LogP contribution in [-0.4, -0.2) is 55.3 Å². The lowest BCUT2D eigenvalue weighted by Crippen LogP contribution is -2.43. The van der Waals surface area contributed by atoms with E-state index < -0.39 is 10.0 Å². The average Bonchev–Trinajstić information content (AvgIpc) is 3.33. The number of nitrogens with zero attached hydrogens (tertiary/aromatic N) is 4. The third-order valence-corrected chi connectivity index (χ3v) is 8.53. The molecule has 12 heteroatoms. The van der Waals surface area contributed by atoms with Gasteiger partial charge in [0.2, 0.25) is 16.0 Å². The van der Waals surface area contributed by atoms with Crippen molar-refractivity contribution in [2.24, 2.45) is 0 Å². The third-order valence-electron chi connectivity index (χ3n) is 5.95. The van der Waals surface area contributed by atoms with Crippen LogP contribution in [0, 0.1) is 5.82 Å². The van der Waals surface area contributed by atoms with Crippen LogP contribution in [0.2, 0.25) is 0 Å². The second-order valence-corrected chi connectivity index (χ2v) is 11.6. The van der Waals surface area contributed by atoms with Gasteiger partial charge in [-0.05, 0) is 61.0 Å². The Bertz CT molecular complexity index is 1490. The minimum absolute atomic E-state index is 0.0111. The van der Waals surface area contributed by atoms with E-state index in [0.717, 1.165) is 31.9 Å². The Balaban J connectivity index is 1.43. The van der Waals surface area contributed by atoms with E-state index in [9.17, 15) is 12.8 Å². The molecule has 0 aliphatic carbocycles. The number of halogens is 1. The van der Waals surface area contributed by atoms with Crippen molar-refractivity contribution in [3.05, 3.63) is 66.6 Å². The Labute approximate surface area is 225 Å². The first-order chi connectivity index (χ1) is 18.4. The van der Waals surface area contributed by atoms with Crippen molar-refractivity contribution < 1.29 is 12.8 Å². The van der Waals surface area contributed by atoms with Crippen LogP contribution in [0.1, 0.15) is 13.3 Å². The van der Waals surface area contributed by atoms with Gasteiger partial charge >= 0.3 is 0 Å². The van der Waals surface area contributed by atoms with Crippen LogP contribution in [0.25, 0.3) is 21.8 Å². The van der Waals surface area contributed by atoms with Crippen LogP contribution in [-0.2, 0) is 10.0 Å². The molecule has 0 radical (unpaired) electrons. The van der Waals surface area contributed by atoms with Gasteiger partial charge < -0.3 is 15.5 Å². The van der Waals surface area contributed by atoms with Crippen molar-refractivity contribution >= 4 is 43.8 Å². The fraction of sp³-hybridized carbons (Fsp3) is 0.269. The number of sulfonamides is 1. The number of benzene rings is 2. The summed E-state index contributed by atoms with van der Waals surface area (Å²) in [7, 11) is -3.53. The van der Waals surface area contributed by atoms with Gasteiger partial charge in [-0.3, -0.25) is 4.72 Å². The van der Waals surface area contributed by atoms with Gasteiger partial charge in [0.25, 0.3) is 0 Å². The summed E-state index contributed by atoms with van der Waals surface area (Å²) in [6.45, 7) is 5.68. The highest BCUT2D eigenvalue weighted by Gasteiger charge is 2.20. The lowest BCUT2D eigenvalue weighted by atomic mass is 10.1. The van der Waals surface area contributed by atoms with E-state index in [1.165, 1.54) is 29.2 Å². The third kappa shape index (κ3) is 6.26. The van der Waals surface area contributed by atoms with E-state index in [2.05, 4.69) is 47.3 Å². The van der Waals surface area contributed by atoms with Gasteiger partial charge in [-0.1, -0.05) is 18.3 Å². The van der Waals surface area contributed by atoms with Crippen LogP contribution in [0.3, 0.4) is 0 Å². The van der Waals surface area contributed by atoms with Gasteiger partial charge in [0.15, 0.2) is 5.13 Å². The molecule has 0 atom stereocenters. The molecule has 2 aromatic carbocycles. The summed E-state index contributed by atoms with van der Waals surface area (Å²) in [5.41, 5.74) is 3.73. The molecule has 1 fully saturated rings. The lowest BCUT2D eigenvalue weighted by Gasteiger charge is -2.29. The minimum Gasteiger partial charge on any atom is -0.369 e. The first-order valence-corrected chi connectivity index (χ1v) is 14.8. The second kappa shape index (κ2) is 11.4. The van der Waals surface area contributed by atoms with Crippen LogP contribution in [0.15, 0.2) is 60.8 Å². The minimum atomic E-state index is -3.53. The molecule has 5 rings (SSSR count). The zero-order chi connectivity index (χ0) is 26.5. The van der Waals surface area contributed by atoms with Crippen LogP contribution >= 0.6 is 11.3 Å². The molecule has 0 unspecified atom stereocenters. The summed E-state index contributed by atoms with van der Waals surface area (Å²) < 4.78 is 40.9. The summed E-state index contributed by atoms with van der Waals surface area (Å²) in [6, 6.07) is 15.8. The van der Waals surface area contributed by atoms with Gasteiger partial charge in [-0.25, -0.2) is 27.8 Å². The molecule has 3 heterocycles. The maximum atomic E-state index is 13.6. The second-order valence-electron chi connectivity index (χ2n) is 8.80. The molecule has 2 aromatic heterocycles. The SMILES string of the molecule is CCCS(=O)(=O)Nc1nc(-c2ccc(F)cc2)c(-c2ccnc(Nc3ccc(N4CCNCC4)cc3)n2)s1. The fourth-order valence-electron chi connectivity index (χ4n) is 4.15. The molecule has 0 amide bonds. The molecule has 198 valence electrons. The Kier molecular flexibility index (Phi) is 7.82. The Morgan fingerprint density at radius 1 is 1.03 bits per heavy atom. The lowest BCUT2D eigenvalue weighted by molar-refractivity contribution is 0.589. The molecule has 1 aliphatic rings. The molecule has 1 aliphatic heterocycles. The quantitative estimate of drug-likeness (QED) is 0.273. The highest BCUT2D eigenvalue weighted by molar-refractivity contribution is 7.92. The number of thiazole rings is 1. The largest absolute Gasteiger partial charge is 0.369 e. The van der Waals surface area contributed by atoms with Crippen LogP contribution < -0.4 is 20.3 Å². The van der Waals surface area contributed by atoms with E-state index in [4.69, 9.17) is 0 Å². The number of rotatable bonds is 9. The monoisotopic (exact) mass is 553 g/mol. The van der Waals surface area contributed by atoms with Crippen molar-refractivity contribution in [3.8, 4) is 21.8 Å². The summed E-state index contributed by atoms with van der Waals surface area (Å²) in [5.74, 6) is 0.0119. The zero-order valence-electron chi connectivity index (χ0n) is 20.8. The number of aromatic nitrogens is 3. The Morgan fingerprint density at radius 3 is 2.47 bits per heavy atom. The summed E-state index contributed by atoms with van der Waals surface area (Å²) >= 11 is 1.17. The Morgan fingerprint density at radius 2 is 1.76 bits per heavy atom. The van der Waals surface area contributed by atoms with E-state index in [1.807, 2.05) is 12.1 Å². The van der Waals surface area contributed by atoms with Gasteiger partial charge in [0.05, 0.1) is 22.0 Å². The Hall–Kier alpha value is -3.61.